The van der Waals surface area contributed by atoms with Crippen LogP contribution in [-0.2, 0) is 6.18 Å². The summed E-state index contributed by atoms with van der Waals surface area (Å²) >= 11 is 0. The molecule has 0 saturated heterocycles. The molecule has 1 fully saturated rings. The Kier molecular flexibility index (Phi) is 5.41. The van der Waals surface area contributed by atoms with E-state index in [2.05, 4.69) is 15.2 Å². The number of aromatic amines is 1. The van der Waals surface area contributed by atoms with Gasteiger partial charge in [-0.25, -0.2) is 0 Å². The Balaban J connectivity index is 1.82. The summed E-state index contributed by atoms with van der Waals surface area (Å²) in [6.45, 7) is 0. The van der Waals surface area contributed by atoms with Crippen molar-refractivity contribution in [2.45, 2.75) is 50.2 Å². The Morgan fingerprint density at radius 1 is 0.966 bits per heavy atom. The van der Waals surface area contributed by atoms with E-state index in [1.165, 1.54) is 6.07 Å². The van der Waals surface area contributed by atoms with E-state index in [0.29, 0.717) is 11.3 Å². The molecule has 4 rings (SSSR count). The number of hydrogen-bond acceptors (Lipinski definition) is 3. The van der Waals surface area contributed by atoms with Crippen molar-refractivity contribution in [3.05, 3.63) is 60.0 Å². The number of halogens is 3. The first kappa shape index (κ1) is 19.6. The van der Waals surface area contributed by atoms with Crippen LogP contribution in [0.5, 0.6) is 0 Å². The van der Waals surface area contributed by atoms with Gasteiger partial charge in [0.1, 0.15) is 5.69 Å². The lowest BCUT2D eigenvalue weighted by molar-refractivity contribution is -0.137. The minimum Gasteiger partial charge on any atom is -0.328 e. The third-order valence-corrected chi connectivity index (χ3v) is 5.65. The van der Waals surface area contributed by atoms with Gasteiger partial charge in [0.2, 0.25) is 0 Å². The molecule has 7 heteroatoms. The van der Waals surface area contributed by atoms with Crippen molar-refractivity contribution in [3.8, 4) is 22.4 Å². The van der Waals surface area contributed by atoms with Crippen LogP contribution in [0.2, 0.25) is 0 Å². The van der Waals surface area contributed by atoms with Gasteiger partial charge in [-0.1, -0.05) is 18.6 Å². The van der Waals surface area contributed by atoms with Crippen LogP contribution in [0.25, 0.3) is 22.4 Å². The fourth-order valence-corrected chi connectivity index (χ4v) is 4.13. The van der Waals surface area contributed by atoms with Crippen molar-refractivity contribution in [1.29, 1.82) is 0 Å². The molecule has 1 aliphatic carbocycles. The van der Waals surface area contributed by atoms with Gasteiger partial charge in [0.15, 0.2) is 0 Å². The first-order chi connectivity index (χ1) is 13.9. The summed E-state index contributed by atoms with van der Waals surface area (Å²) in [4.78, 5) is 4.08. The fourth-order valence-electron chi connectivity index (χ4n) is 4.13. The Bertz CT molecular complexity index is 966. The van der Waals surface area contributed by atoms with E-state index in [-0.39, 0.29) is 12.0 Å². The zero-order chi connectivity index (χ0) is 20.4. The van der Waals surface area contributed by atoms with Gasteiger partial charge in [-0.3, -0.25) is 10.1 Å². The molecule has 1 aliphatic rings. The van der Waals surface area contributed by atoms with E-state index >= 15 is 0 Å². The van der Waals surface area contributed by atoms with Crippen LogP contribution in [0, 0.1) is 0 Å². The second kappa shape index (κ2) is 7.99. The number of pyridine rings is 1. The molecule has 0 bridgehead atoms. The number of benzene rings is 1. The Hall–Kier alpha value is -2.67. The molecule has 4 nitrogen and oxygen atoms in total. The standard InChI is InChI=1S/C22H23F3N4/c23-22(24,25)17-5-1-4-16(13-17)21-19(14-9-11-27-12-10-14)20(28-29-21)15-3-2-6-18(26)8-7-15/h1,4-5,9-13,15,18H,2-3,6-8,26H2,(H,28,29). The molecular formula is C22H23F3N4. The molecule has 0 amide bonds. The molecule has 0 radical (unpaired) electrons. The molecule has 0 aliphatic heterocycles. The predicted octanol–water partition coefficient (Wildman–Crippen LogP) is 5.53. The molecule has 1 saturated carbocycles. The summed E-state index contributed by atoms with van der Waals surface area (Å²) in [5.74, 6) is 0.249. The first-order valence-corrected chi connectivity index (χ1v) is 9.85. The summed E-state index contributed by atoms with van der Waals surface area (Å²) in [7, 11) is 0. The van der Waals surface area contributed by atoms with Gasteiger partial charge in [-0.2, -0.15) is 18.3 Å². The molecule has 3 aromatic rings. The van der Waals surface area contributed by atoms with Crippen LogP contribution >= 0.6 is 0 Å². The molecular weight excluding hydrogens is 377 g/mol. The van der Waals surface area contributed by atoms with Gasteiger partial charge in [-0.05, 0) is 55.5 Å². The molecule has 0 spiro atoms. The van der Waals surface area contributed by atoms with Gasteiger partial charge < -0.3 is 5.73 Å². The molecule has 2 unspecified atom stereocenters. The van der Waals surface area contributed by atoms with Gasteiger partial charge in [0, 0.05) is 41.2 Å². The maximum atomic E-state index is 13.2. The van der Waals surface area contributed by atoms with E-state index in [0.717, 1.165) is 61.1 Å². The maximum Gasteiger partial charge on any atom is 0.416 e. The van der Waals surface area contributed by atoms with Crippen molar-refractivity contribution < 1.29 is 13.2 Å². The summed E-state index contributed by atoms with van der Waals surface area (Å²) in [6.07, 6.45) is 3.84. The van der Waals surface area contributed by atoms with Crippen LogP contribution in [-0.4, -0.2) is 21.2 Å². The molecule has 2 heterocycles. The Labute approximate surface area is 167 Å². The lowest BCUT2D eigenvalue weighted by Gasteiger charge is -2.16. The molecule has 2 aromatic heterocycles. The highest BCUT2D eigenvalue weighted by molar-refractivity contribution is 5.83. The smallest absolute Gasteiger partial charge is 0.328 e. The lowest BCUT2D eigenvalue weighted by atomic mass is 9.89. The second-order valence-corrected chi connectivity index (χ2v) is 7.64. The molecule has 1 aromatic carbocycles. The van der Waals surface area contributed by atoms with Gasteiger partial charge >= 0.3 is 6.18 Å². The molecule has 29 heavy (non-hydrogen) atoms. The first-order valence-electron chi connectivity index (χ1n) is 9.85. The van der Waals surface area contributed by atoms with Crippen molar-refractivity contribution in [2.75, 3.05) is 0 Å². The van der Waals surface area contributed by atoms with Crippen LogP contribution in [0.15, 0.2) is 48.8 Å². The average Bonchev–Trinajstić information content (AvgIpc) is 3.04. The van der Waals surface area contributed by atoms with Crippen molar-refractivity contribution in [1.82, 2.24) is 15.2 Å². The van der Waals surface area contributed by atoms with Crippen molar-refractivity contribution >= 4 is 0 Å². The number of nitrogens with zero attached hydrogens (tertiary/aromatic N) is 2. The summed E-state index contributed by atoms with van der Waals surface area (Å²) < 4.78 is 39.7. The van der Waals surface area contributed by atoms with E-state index < -0.39 is 11.7 Å². The number of rotatable bonds is 3. The third-order valence-electron chi connectivity index (χ3n) is 5.65. The highest BCUT2D eigenvalue weighted by Gasteiger charge is 2.31. The summed E-state index contributed by atoms with van der Waals surface area (Å²) in [5.41, 5.74) is 9.15. The van der Waals surface area contributed by atoms with Gasteiger partial charge in [-0.15, -0.1) is 0 Å². The maximum absolute atomic E-state index is 13.2. The van der Waals surface area contributed by atoms with Crippen LogP contribution < -0.4 is 5.73 Å². The quantitative estimate of drug-likeness (QED) is 0.568. The highest BCUT2D eigenvalue weighted by atomic mass is 19.4. The minimum atomic E-state index is -4.40. The van der Waals surface area contributed by atoms with Crippen LogP contribution in [0.4, 0.5) is 13.2 Å². The summed E-state index contributed by atoms with van der Waals surface area (Å²) in [6, 6.07) is 9.28. The number of alkyl halides is 3. The van der Waals surface area contributed by atoms with Gasteiger partial charge in [0.05, 0.1) is 5.56 Å². The molecule has 2 atom stereocenters. The van der Waals surface area contributed by atoms with Crippen LogP contribution in [0.3, 0.4) is 0 Å². The van der Waals surface area contributed by atoms with E-state index in [1.54, 1.807) is 18.5 Å². The number of nitrogens with two attached hydrogens (primary N) is 1. The van der Waals surface area contributed by atoms with Crippen molar-refractivity contribution in [3.63, 3.8) is 0 Å². The zero-order valence-corrected chi connectivity index (χ0v) is 15.9. The molecule has 3 N–H and O–H groups in total. The Morgan fingerprint density at radius 2 is 1.76 bits per heavy atom. The number of nitrogens with one attached hydrogen (secondary N) is 1. The lowest BCUT2D eigenvalue weighted by Crippen LogP contribution is -2.18. The normalized spacial score (nSPS) is 20.4. The summed E-state index contributed by atoms with van der Waals surface area (Å²) in [5, 5.41) is 7.62. The number of hydrogen-bond donors (Lipinski definition) is 2. The van der Waals surface area contributed by atoms with E-state index in [4.69, 9.17) is 5.73 Å². The minimum absolute atomic E-state index is 0.204. The van der Waals surface area contributed by atoms with E-state index in [9.17, 15) is 13.2 Å². The van der Waals surface area contributed by atoms with Crippen LogP contribution in [0.1, 0.15) is 49.3 Å². The monoisotopic (exact) mass is 400 g/mol. The van der Waals surface area contributed by atoms with Gasteiger partial charge in [0.25, 0.3) is 0 Å². The average molecular weight is 400 g/mol. The number of H-pyrrole nitrogens is 1. The van der Waals surface area contributed by atoms with E-state index in [1.807, 2.05) is 12.1 Å². The highest BCUT2D eigenvalue weighted by Crippen LogP contribution is 2.41. The second-order valence-electron chi connectivity index (χ2n) is 7.64. The molecule has 152 valence electrons. The van der Waals surface area contributed by atoms with Crippen molar-refractivity contribution in [2.24, 2.45) is 5.73 Å². The number of aromatic nitrogens is 3. The fraction of sp³-hybridized carbons (Fsp3) is 0.364. The Morgan fingerprint density at radius 3 is 2.52 bits per heavy atom. The zero-order valence-electron chi connectivity index (χ0n) is 15.9. The predicted molar refractivity (Wildman–Crippen MR) is 106 cm³/mol. The third kappa shape index (κ3) is 4.19. The topological polar surface area (TPSA) is 67.6 Å². The largest absolute Gasteiger partial charge is 0.416 e. The SMILES string of the molecule is NC1CCCC(c2[nH]nc(-c3cccc(C(F)(F)F)c3)c2-c2ccncc2)CC1.